The first-order valence-corrected chi connectivity index (χ1v) is 9.54. The van der Waals surface area contributed by atoms with E-state index in [9.17, 15) is 4.79 Å². The predicted octanol–water partition coefficient (Wildman–Crippen LogP) is 2.24. The number of carbonyl (C=O) groups is 1. The van der Waals surface area contributed by atoms with Gasteiger partial charge in [0.1, 0.15) is 12.3 Å². The highest BCUT2D eigenvalue weighted by Crippen LogP contribution is 2.08. The van der Waals surface area contributed by atoms with E-state index in [1.54, 1.807) is 17.6 Å². The molecule has 25 heavy (non-hydrogen) atoms. The van der Waals surface area contributed by atoms with Crippen molar-refractivity contribution in [3.8, 4) is 0 Å². The summed E-state index contributed by atoms with van der Waals surface area (Å²) in [4.78, 5) is 19.8. The fourth-order valence-electron chi connectivity index (χ4n) is 2.73. The third kappa shape index (κ3) is 5.63. The molecule has 0 spiro atoms. The molecule has 2 aromatic heterocycles. The maximum absolute atomic E-state index is 12.2. The molecular formula is C18H24N4O2S. The highest BCUT2D eigenvalue weighted by atomic mass is 32.1. The lowest BCUT2D eigenvalue weighted by Gasteiger charge is -2.15. The zero-order chi connectivity index (χ0) is 17.3. The van der Waals surface area contributed by atoms with Crippen LogP contribution in [0, 0.1) is 0 Å². The number of likely N-dealkylation sites (tertiary alicyclic amines) is 1. The van der Waals surface area contributed by atoms with Crippen LogP contribution >= 0.6 is 11.3 Å². The summed E-state index contributed by atoms with van der Waals surface area (Å²) >= 11 is 1.70. The number of guanidine groups is 1. The molecule has 0 unspecified atom stereocenters. The molecule has 1 amide bonds. The van der Waals surface area contributed by atoms with E-state index < -0.39 is 0 Å². The Balaban J connectivity index is 1.52. The van der Waals surface area contributed by atoms with E-state index in [0.717, 1.165) is 38.1 Å². The summed E-state index contributed by atoms with van der Waals surface area (Å²) < 4.78 is 5.34. The number of carbonyl (C=O) groups excluding carboxylic acids is 1. The van der Waals surface area contributed by atoms with Gasteiger partial charge in [0.2, 0.25) is 5.91 Å². The molecule has 134 valence electrons. The highest BCUT2D eigenvalue weighted by molar-refractivity contribution is 7.09. The molecular weight excluding hydrogens is 336 g/mol. The van der Waals surface area contributed by atoms with Crippen molar-refractivity contribution in [1.82, 2.24) is 15.5 Å². The second-order valence-electron chi connectivity index (χ2n) is 5.94. The number of rotatable bonds is 7. The third-order valence-corrected chi connectivity index (χ3v) is 4.96. The summed E-state index contributed by atoms with van der Waals surface area (Å²) in [5, 5.41) is 8.63. The van der Waals surface area contributed by atoms with Gasteiger partial charge < -0.3 is 20.0 Å². The fraction of sp³-hybridized carbons (Fsp3) is 0.444. The van der Waals surface area contributed by atoms with Crippen molar-refractivity contribution < 1.29 is 9.21 Å². The summed E-state index contributed by atoms with van der Waals surface area (Å²) in [5.74, 6) is 1.69. The Morgan fingerprint density at radius 2 is 2.12 bits per heavy atom. The van der Waals surface area contributed by atoms with Crippen LogP contribution in [0.5, 0.6) is 0 Å². The van der Waals surface area contributed by atoms with Crippen LogP contribution in [0.25, 0.3) is 0 Å². The third-order valence-electron chi connectivity index (χ3n) is 4.09. The smallest absolute Gasteiger partial charge is 0.244 e. The van der Waals surface area contributed by atoms with Crippen LogP contribution in [0.2, 0.25) is 0 Å². The molecule has 3 rings (SSSR count). The minimum absolute atomic E-state index is 0.0979. The molecule has 0 atom stereocenters. The monoisotopic (exact) mass is 360 g/mol. The molecule has 1 saturated heterocycles. The number of nitrogens with zero attached hydrogens (tertiary/aromatic N) is 2. The van der Waals surface area contributed by atoms with Crippen molar-refractivity contribution in [2.45, 2.75) is 25.8 Å². The number of aliphatic imine (C=N–C) groups is 1. The maximum Gasteiger partial charge on any atom is 0.244 e. The van der Waals surface area contributed by atoms with Gasteiger partial charge in [-0.3, -0.25) is 4.79 Å². The molecule has 6 nitrogen and oxygen atoms in total. The van der Waals surface area contributed by atoms with Crippen LogP contribution in [-0.4, -0.2) is 42.9 Å². The van der Waals surface area contributed by atoms with E-state index in [0.29, 0.717) is 19.0 Å². The zero-order valence-electron chi connectivity index (χ0n) is 14.2. The molecule has 0 aromatic carbocycles. The van der Waals surface area contributed by atoms with Crippen molar-refractivity contribution in [3.05, 3.63) is 46.5 Å². The lowest BCUT2D eigenvalue weighted by molar-refractivity contribution is -0.128. The van der Waals surface area contributed by atoms with E-state index in [2.05, 4.69) is 27.1 Å². The van der Waals surface area contributed by atoms with Crippen LogP contribution in [0.15, 0.2) is 45.3 Å². The largest absolute Gasteiger partial charge is 0.469 e. The molecule has 2 N–H and O–H groups in total. The van der Waals surface area contributed by atoms with Crippen molar-refractivity contribution in [2.24, 2.45) is 4.99 Å². The van der Waals surface area contributed by atoms with E-state index in [1.165, 1.54) is 4.88 Å². The number of hydrogen-bond donors (Lipinski definition) is 2. The second kappa shape index (κ2) is 9.27. The number of hydrogen-bond acceptors (Lipinski definition) is 4. The Morgan fingerprint density at radius 1 is 1.24 bits per heavy atom. The average molecular weight is 360 g/mol. The van der Waals surface area contributed by atoms with Crippen LogP contribution in [0.1, 0.15) is 23.5 Å². The van der Waals surface area contributed by atoms with Gasteiger partial charge in [0.25, 0.3) is 0 Å². The minimum atomic E-state index is 0.0979. The van der Waals surface area contributed by atoms with Crippen LogP contribution in [-0.2, 0) is 17.8 Å². The fourth-order valence-corrected chi connectivity index (χ4v) is 3.38. The number of thiophene rings is 1. The highest BCUT2D eigenvalue weighted by Gasteiger charge is 2.17. The zero-order valence-corrected chi connectivity index (χ0v) is 15.1. The number of furan rings is 1. The molecule has 3 heterocycles. The summed E-state index contributed by atoms with van der Waals surface area (Å²) in [6, 6.07) is 7.94. The summed E-state index contributed by atoms with van der Waals surface area (Å²) in [6.45, 7) is 3.29. The Morgan fingerprint density at radius 3 is 2.84 bits per heavy atom. The summed E-state index contributed by atoms with van der Waals surface area (Å²) in [7, 11) is 0. The molecule has 2 aromatic rings. The first kappa shape index (κ1) is 17.5. The van der Waals surface area contributed by atoms with E-state index in [-0.39, 0.29) is 12.5 Å². The standard InChI is InChI=1S/C18H24N4O2S/c23-17(22-9-1-2-10-22)14-21-18(20-13-16-6-4-12-25-16)19-8-7-15-5-3-11-24-15/h3-6,11-12H,1-2,7-10,13-14H2,(H2,19,20,21). The Kier molecular flexibility index (Phi) is 6.50. The molecule has 7 heteroatoms. The molecule has 1 aliphatic rings. The quantitative estimate of drug-likeness (QED) is 0.587. The van der Waals surface area contributed by atoms with Crippen molar-refractivity contribution in [1.29, 1.82) is 0 Å². The summed E-state index contributed by atoms with van der Waals surface area (Å²) in [5.41, 5.74) is 0. The molecule has 1 aliphatic heterocycles. The first-order chi connectivity index (χ1) is 12.3. The number of nitrogens with one attached hydrogen (secondary N) is 2. The van der Waals surface area contributed by atoms with E-state index in [4.69, 9.17) is 4.42 Å². The molecule has 0 saturated carbocycles. The SMILES string of the molecule is O=C(CN=C(NCCc1ccco1)NCc1cccs1)N1CCCC1. The van der Waals surface area contributed by atoms with Gasteiger partial charge in [-0.05, 0) is 36.4 Å². The Labute approximate surface area is 151 Å². The topological polar surface area (TPSA) is 69.9 Å². The Bertz CT molecular complexity index is 661. The van der Waals surface area contributed by atoms with Gasteiger partial charge >= 0.3 is 0 Å². The minimum Gasteiger partial charge on any atom is -0.469 e. The summed E-state index contributed by atoms with van der Waals surface area (Å²) in [6.07, 6.45) is 4.64. The number of amides is 1. The van der Waals surface area contributed by atoms with Gasteiger partial charge in [-0.1, -0.05) is 6.07 Å². The first-order valence-electron chi connectivity index (χ1n) is 8.66. The molecule has 0 bridgehead atoms. The van der Waals surface area contributed by atoms with Gasteiger partial charge in [0.15, 0.2) is 5.96 Å². The van der Waals surface area contributed by atoms with Gasteiger partial charge in [-0.15, -0.1) is 11.3 Å². The second-order valence-corrected chi connectivity index (χ2v) is 6.97. The molecule has 0 radical (unpaired) electrons. The van der Waals surface area contributed by atoms with Crippen molar-refractivity contribution >= 4 is 23.2 Å². The van der Waals surface area contributed by atoms with Crippen LogP contribution < -0.4 is 10.6 Å². The van der Waals surface area contributed by atoms with Crippen LogP contribution in [0.3, 0.4) is 0 Å². The van der Waals surface area contributed by atoms with Crippen molar-refractivity contribution in [3.63, 3.8) is 0 Å². The Hall–Kier alpha value is -2.28. The normalized spacial score (nSPS) is 14.7. The lowest BCUT2D eigenvalue weighted by atomic mass is 10.3. The van der Waals surface area contributed by atoms with Gasteiger partial charge in [-0.25, -0.2) is 4.99 Å². The van der Waals surface area contributed by atoms with Gasteiger partial charge in [0, 0.05) is 30.9 Å². The molecule has 1 fully saturated rings. The predicted molar refractivity (Wildman–Crippen MR) is 99.7 cm³/mol. The van der Waals surface area contributed by atoms with Gasteiger partial charge in [-0.2, -0.15) is 0 Å². The van der Waals surface area contributed by atoms with Crippen molar-refractivity contribution in [2.75, 3.05) is 26.2 Å². The van der Waals surface area contributed by atoms with E-state index in [1.807, 2.05) is 23.1 Å². The lowest BCUT2D eigenvalue weighted by Crippen LogP contribution is -2.39. The van der Waals surface area contributed by atoms with Gasteiger partial charge in [0.05, 0.1) is 12.8 Å². The maximum atomic E-state index is 12.2. The van der Waals surface area contributed by atoms with E-state index >= 15 is 0 Å². The van der Waals surface area contributed by atoms with Crippen LogP contribution in [0.4, 0.5) is 0 Å². The average Bonchev–Trinajstić information content (AvgIpc) is 3.39. The molecule has 0 aliphatic carbocycles.